The monoisotopic (exact) mass is 387 g/mol. The summed E-state index contributed by atoms with van der Waals surface area (Å²) in [4.78, 5) is 38.2. The van der Waals surface area contributed by atoms with Crippen LogP contribution < -0.4 is 10.2 Å². The summed E-state index contributed by atoms with van der Waals surface area (Å²) in [7, 11) is 0. The molecule has 2 aliphatic rings. The number of aromatic nitrogens is 2. The molecule has 2 aliphatic heterocycles. The molecule has 0 saturated carbocycles. The molecule has 2 aromatic heterocycles. The maximum atomic E-state index is 12.6. The van der Waals surface area contributed by atoms with Crippen molar-refractivity contribution in [2.45, 2.75) is 32.1 Å². The van der Waals surface area contributed by atoms with Gasteiger partial charge in [0.15, 0.2) is 5.13 Å². The first kappa shape index (κ1) is 18.2. The van der Waals surface area contributed by atoms with Crippen LogP contribution in [0.4, 0.5) is 5.13 Å². The van der Waals surface area contributed by atoms with Gasteiger partial charge in [0.2, 0.25) is 11.8 Å². The van der Waals surface area contributed by atoms with Crippen LogP contribution >= 0.6 is 11.3 Å². The molecule has 0 spiro atoms. The second-order valence-electron chi connectivity index (χ2n) is 7.24. The highest BCUT2D eigenvalue weighted by Gasteiger charge is 2.27. The summed E-state index contributed by atoms with van der Waals surface area (Å²) in [6.45, 7) is 3.87. The van der Waals surface area contributed by atoms with E-state index >= 15 is 0 Å². The Hall–Kier alpha value is -2.22. The molecule has 0 aliphatic carbocycles. The molecule has 4 heterocycles. The van der Waals surface area contributed by atoms with E-state index in [0.717, 1.165) is 60.8 Å². The lowest BCUT2D eigenvalue weighted by molar-refractivity contribution is -0.127. The number of anilines is 1. The van der Waals surface area contributed by atoms with Crippen molar-refractivity contribution in [1.29, 1.82) is 0 Å². The quantitative estimate of drug-likeness (QED) is 0.768. The molecule has 4 rings (SSSR count). The van der Waals surface area contributed by atoms with E-state index in [4.69, 9.17) is 0 Å². The van der Waals surface area contributed by atoms with E-state index in [1.807, 2.05) is 17.0 Å². The van der Waals surface area contributed by atoms with Gasteiger partial charge in [-0.3, -0.25) is 9.59 Å². The summed E-state index contributed by atoms with van der Waals surface area (Å²) in [5.41, 5.74) is 0.917. The summed E-state index contributed by atoms with van der Waals surface area (Å²) in [6, 6.07) is 3.87. The van der Waals surface area contributed by atoms with Gasteiger partial charge in [-0.2, -0.15) is 0 Å². The Morgan fingerprint density at radius 2 is 2.26 bits per heavy atom. The van der Waals surface area contributed by atoms with Gasteiger partial charge in [0.1, 0.15) is 10.3 Å². The second-order valence-corrected chi connectivity index (χ2v) is 8.19. The van der Waals surface area contributed by atoms with E-state index < -0.39 is 0 Å². The van der Waals surface area contributed by atoms with Crippen LogP contribution in [-0.2, 0) is 9.59 Å². The fraction of sp³-hybridized carbons (Fsp3) is 0.579. The number of hydrogen-bond acceptors (Lipinski definition) is 6. The van der Waals surface area contributed by atoms with Gasteiger partial charge in [0, 0.05) is 45.3 Å². The third-order valence-electron chi connectivity index (χ3n) is 5.29. The molecular formula is C19H25N5O2S. The van der Waals surface area contributed by atoms with Gasteiger partial charge in [-0.1, -0.05) is 11.3 Å². The highest BCUT2D eigenvalue weighted by Crippen LogP contribution is 2.30. The molecule has 8 heteroatoms. The number of carbonyl (C=O) groups excluding carboxylic acids is 2. The Bertz CT molecular complexity index is 790. The van der Waals surface area contributed by atoms with E-state index in [-0.39, 0.29) is 17.7 Å². The van der Waals surface area contributed by atoms with Crippen LogP contribution in [0.1, 0.15) is 32.1 Å². The maximum Gasteiger partial charge on any atom is 0.224 e. The molecule has 0 unspecified atom stereocenters. The van der Waals surface area contributed by atoms with Gasteiger partial charge in [0.05, 0.1) is 5.92 Å². The molecule has 2 aromatic rings. The van der Waals surface area contributed by atoms with Gasteiger partial charge in [-0.15, -0.1) is 0 Å². The molecule has 0 aromatic carbocycles. The summed E-state index contributed by atoms with van der Waals surface area (Å²) in [5, 5.41) is 4.01. The minimum absolute atomic E-state index is 0.00728. The van der Waals surface area contributed by atoms with E-state index in [1.165, 1.54) is 0 Å². The fourth-order valence-electron chi connectivity index (χ4n) is 3.82. The molecule has 0 bridgehead atoms. The summed E-state index contributed by atoms with van der Waals surface area (Å²) in [5.74, 6) is 0.355. The molecule has 2 fully saturated rings. The lowest BCUT2D eigenvalue weighted by Gasteiger charge is -2.31. The van der Waals surface area contributed by atoms with Crippen LogP contribution in [0.15, 0.2) is 18.3 Å². The third kappa shape index (κ3) is 4.21. The minimum atomic E-state index is -0.00728. The third-order valence-corrected chi connectivity index (χ3v) is 6.33. The van der Waals surface area contributed by atoms with Crippen molar-refractivity contribution >= 4 is 38.6 Å². The van der Waals surface area contributed by atoms with Crippen LogP contribution in [0, 0.1) is 5.92 Å². The van der Waals surface area contributed by atoms with Crippen LogP contribution in [0.2, 0.25) is 0 Å². The lowest BCUT2D eigenvalue weighted by atomic mass is 9.97. The number of hydrogen-bond donors (Lipinski definition) is 1. The zero-order valence-corrected chi connectivity index (χ0v) is 16.2. The normalized spacial score (nSPS) is 20.4. The number of likely N-dealkylation sites (tertiary alicyclic amines) is 1. The van der Waals surface area contributed by atoms with Crippen LogP contribution in [0.3, 0.4) is 0 Å². The first-order chi connectivity index (χ1) is 13.2. The molecule has 7 nitrogen and oxygen atoms in total. The lowest BCUT2D eigenvalue weighted by Crippen LogP contribution is -2.43. The minimum Gasteiger partial charge on any atom is -0.356 e. The highest BCUT2D eigenvalue weighted by molar-refractivity contribution is 7.21. The predicted molar refractivity (Wildman–Crippen MR) is 106 cm³/mol. The van der Waals surface area contributed by atoms with Crippen molar-refractivity contribution < 1.29 is 9.59 Å². The highest BCUT2D eigenvalue weighted by atomic mass is 32.1. The van der Waals surface area contributed by atoms with Crippen molar-refractivity contribution in [3.63, 3.8) is 0 Å². The number of nitrogens with zero attached hydrogens (tertiary/aromatic N) is 4. The van der Waals surface area contributed by atoms with Gasteiger partial charge < -0.3 is 15.1 Å². The number of amides is 2. The maximum absolute atomic E-state index is 12.6. The Kier molecular flexibility index (Phi) is 5.52. The van der Waals surface area contributed by atoms with Crippen molar-refractivity contribution in [2.75, 3.05) is 37.6 Å². The summed E-state index contributed by atoms with van der Waals surface area (Å²) >= 11 is 1.59. The number of piperidine rings is 1. The Labute approximate surface area is 162 Å². The molecule has 2 amide bonds. The number of thiazole rings is 1. The smallest absolute Gasteiger partial charge is 0.224 e. The van der Waals surface area contributed by atoms with Gasteiger partial charge in [-0.25, -0.2) is 9.97 Å². The molecule has 1 atom stereocenters. The van der Waals surface area contributed by atoms with Crippen molar-refractivity contribution in [3.8, 4) is 0 Å². The Balaban J connectivity index is 1.27. The molecule has 0 radical (unpaired) electrons. The first-order valence-electron chi connectivity index (χ1n) is 9.73. The van der Waals surface area contributed by atoms with Crippen LogP contribution in [0.5, 0.6) is 0 Å². The Morgan fingerprint density at radius 3 is 3.07 bits per heavy atom. The topological polar surface area (TPSA) is 78.4 Å². The summed E-state index contributed by atoms with van der Waals surface area (Å²) < 4.78 is 0. The molecule has 1 N–H and O–H groups in total. The largest absolute Gasteiger partial charge is 0.356 e. The zero-order valence-electron chi connectivity index (χ0n) is 15.4. The average Bonchev–Trinajstić information content (AvgIpc) is 3.31. The van der Waals surface area contributed by atoms with Gasteiger partial charge in [0.25, 0.3) is 0 Å². The van der Waals surface area contributed by atoms with E-state index in [1.54, 1.807) is 17.5 Å². The zero-order chi connectivity index (χ0) is 18.6. The molecular weight excluding hydrogens is 362 g/mol. The summed E-state index contributed by atoms with van der Waals surface area (Å²) in [6.07, 6.45) is 6.14. The number of pyridine rings is 1. The average molecular weight is 388 g/mol. The van der Waals surface area contributed by atoms with Crippen LogP contribution in [0.25, 0.3) is 10.3 Å². The van der Waals surface area contributed by atoms with E-state index in [0.29, 0.717) is 19.5 Å². The van der Waals surface area contributed by atoms with E-state index in [9.17, 15) is 9.59 Å². The Morgan fingerprint density at radius 1 is 1.33 bits per heavy atom. The predicted octanol–water partition coefficient (Wildman–Crippen LogP) is 2.04. The molecule has 27 heavy (non-hydrogen) atoms. The van der Waals surface area contributed by atoms with Gasteiger partial charge in [-0.05, 0) is 37.8 Å². The standard InChI is InChI=1S/C19H25N5O2S/c25-16-7-3-10-23(16)12-4-9-20-17(26)14-5-2-11-24(13-14)19-22-15-6-1-8-21-18(15)27-19/h1,6,8,14H,2-5,7,9-13H2,(H,20,26)/t14-/m0/s1. The van der Waals surface area contributed by atoms with Gasteiger partial charge >= 0.3 is 0 Å². The number of carbonyl (C=O) groups is 2. The molecule has 144 valence electrons. The van der Waals surface area contributed by atoms with Crippen molar-refractivity contribution in [3.05, 3.63) is 18.3 Å². The first-order valence-corrected chi connectivity index (χ1v) is 10.5. The van der Waals surface area contributed by atoms with Crippen molar-refractivity contribution in [1.82, 2.24) is 20.2 Å². The van der Waals surface area contributed by atoms with Crippen molar-refractivity contribution in [2.24, 2.45) is 5.92 Å². The van der Waals surface area contributed by atoms with Crippen LogP contribution in [-0.4, -0.2) is 59.4 Å². The number of fused-ring (bicyclic) bond motifs is 1. The van der Waals surface area contributed by atoms with E-state index in [2.05, 4.69) is 20.2 Å². The number of nitrogens with one attached hydrogen (secondary N) is 1. The SMILES string of the molecule is O=C(NCCCN1CCCC1=O)[C@H]1CCCN(c2nc3cccnc3s2)C1. The molecule has 2 saturated heterocycles. The fourth-order valence-corrected chi connectivity index (χ4v) is 4.77. The second kappa shape index (κ2) is 8.21. The number of rotatable bonds is 6.